The topological polar surface area (TPSA) is 105 Å². The summed E-state index contributed by atoms with van der Waals surface area (Å²) < 4.78 is 11.3. The van der Waals surface area contributed by atoms with Gasteiger partial charge < -0.3 is 9.47 Å². The third kappa shape index (κ3) is 3.86. The maximum absolute atomic E-state index is 11.2. The number of ether oxygens (including phenoxy) is 2. The zero-order valence-electron chi connectivity index (χ0n) is 13.6. The molecule has 0 radical (unpaired) electrons. The molecule has 0 bridgehead atoms. The molecule has 26 heavy (non-hydrogen) atoms. The van der Waals surface area contributed by atoms with E-state index in [2.05, 4.69) is 0 Å². The van der Waals surface area contributed by atoms with E-state index in [9.17, 15) is 20.2 Å². The second-order valence-corrected chi connectivity index (χ2v) is 7.98. The minimum absolute atomic E-state index is 0.0868. The van der Waals surface area contributed by atoms with Gasteiger partial charge in [-0.2, -0.15) is 0 Å². The summed E-state index contributed by atoms with van der Waals surface area (Å²) in [6.07, 6.45) is 0. The Bertz CT molecular complexity index is 855. The number of hydrogen-bond acceptors (Lipinski definition) is 8. The molecular formula is C16H14N2O6S2. The van der Waals surface area contributed by atoms with Crippen molar-refractivity contribution in [1.29, 1.82) is 0 Å². The Morgan fingerprint density at radius 3 is 2.27 bits per heavy atom. The number of rotatable bonds is 6. The molecule has 136 valence electrons. The monoisotopic (exact) mass is 394 g/mol. The fourth-order valence-electron chi connectivity index (χ4n) is 2.43. The van der Waals surface area contributed by atoms with Gasteiger partial charge in [0.2, 0.25) is 5.75 Å². The lowest BCUT2D eigenvalue weighted by Crippen LogP contribution is -1.98. The van der Waals surface area contributed by atoms with Crippen molar-refractivity contribution in [3.63, 3.8) is 0 Å². The van der Waals surface area contributed by atoms with E-state index in [1.807, 2.05) is 35.7 Å². The first-order valence-electron chi connectivity index (χ1n) is 7.51. The van der Waals surface area contributed by atoms with Crippen LogP contribution in [-0.4, -0.2) is 28.5 Å². The smallest absolute Gasteiger partial charge is 0.318 e. The van der Waals surface area contributed by atoms with Crippen LogP contribution in [0.3, 0.4) is 0 Å². The van der Waals surface area contributed by atoms with Crippen LogP contribution in [0.1, 0.15) is 10.1 Å². The van der Waals surface area contributed by atoms with Crippen molar-refractivity contribution < 1.29 is 19.3 Å². The number of nitrogens with zero attached hydrogens (tertiary/aromatic N) is 2. The molecule has 1 heterocycles. The summed E-state index contributed by atoms with van der Waals surface area (Å²) in [4.78, 5) is 20.7. The molecule has 1 aliphatic heterocycles. The second-order valence-electron chi connectivity index (χ2n) is 5.25. The lowest BCUT2D eigenvalue weighted by Gasteiger charge is -2.14. The molecule has 2 aromatic rings. The predicted octanol–water partition coefficient (Wildman–Crippen LogP) is 4.78. The van der Waals surface area contributed by atoms with E-state index in [1.165, 1.54) is 13.2 Å². The lowest BCUT2D eigenvalue weighted by atomic mass is 10.2. The third-order valence-electron chi connectivity index (χ3n) is 3.65. The zero-order chi connectivity index (χ0) is 18.7. The number of thioether (sulfide) groups is 2. The Hall–Kier alpha value is -2.46. The van der Waals surface area contributed by atoms with E-state index in [0.29, 0.717) is 16.1 Å². The molecular weight excluding hydrogens is 380 g/mol. The van der Waals surface area contributed by atoms with Gasteiger partial charge >= 0.3 is 5.69 Å². The number of nitro benzene ring substituents is 2. The largest absolute Gasteiger partial charge is 0.493 e. The summed E-state index contributed by atoms with van der Waals surface area (Å²) in [5.74, 6) is 2.84. The number of hydrogen-bond donors (Lipinski definition) is 0. The van der Waals surface area contributed by atoms with Gasteiger partial charge in [0.15, 0.2) is 11.5 Å². The Balaban J connectivity index is 1.93. The molecule has 2 aromatic carbocycles. The van der Waals surface area contributed by atoms with E-state index < -0.39 is 15.5 Å². The Labute approximate surface area is 157 Å². The molecule has 0 spiro atoms. The predicted molar refractivity (Wildman–Crippen MR) is 100 cm³/mol. The molecule has 1 saturated heterocycles. The normalized spacial score (nSPS) is 14.2. The van der Waals surface area contributed by atoms with Crippen molar-refractivity contribution in [1.82, 2.24) is 0 Å². The number of non-ortho nitro benzene ring substituents is 1. The maximum Gasteiger partial charge on any atom is 0.318 e. The molecule has 1 fully saturated rings. The van der Waals surface area contributed by atoms with Gasteiger partial charge in [0.05, 0.1) is 27.6 Å². The Kier molecular flexibility index (Phi) is 5.52. The molecule has 0 amide bonds. The molecule has 0 N–H and O–H groups in total. The molecule has 0 aliphatic carbocycles. The highest BCUT2D eigenvalue weighted by Gasteiger charge is 2.23. The highest BCUT2D eigenvalue weighted by molar-refractivity contribution is 8.19. The third-order valence-corrected chi connectivity index (χ3v) is 6.76. The van der Waals surface area contributed by atoms with E-state index >= 15 is 0 Å². The second kappa shape index (κ2) is 7.83. The van der Waals surface area contributed by atoms with Gasteiger partial charge in [0.25, 0.3) is 5.69 Å². The van der Waals surface area contributed by atoms with Gasteiger partial charge in [0.1, 0.15) is 0 Å². The minimum Gasteiger partial charge on any atom is -0.493 e. The van der Waals surface area contributed by atoms with Crippen LogP contribution < -0.4 is 9.47 Å². The number of benzene rings is 2. The quantitative estimate of drug-likeness (QED) is 0.509. The number of nitro groups is 2. The van der Waals surface area contributed by atoms with Crippen LogP contribution in [-0.2, 0) is 0 Å². The molecule has 0 atom stereocenters. The van der Waals surface area contributed by atoms with Gasteiger partial charge in [0, 0.05) is 17.6 Å². The molecule has 1 aliphatic rings. The van der Waals surface area contributed by atoms with Crippen LogP contribution in [0.5, 0.6) is 17.2 Å². The summed E-state index contributed by atoms with van der Waals surface area (Å²) in [6, 6.07) is 8.69. The highest BCUT2D eigenvalue weighted by Crippen LogP contribution is 2.47. The molecule has 8 nitrogen and oxygen atoms in total. The summed E-state index contributed by atoms with van der Waals surface area (Å²) in [5, 5.41) is 22.1. The van der Waals surface area contributed by atoms with Gasteiger partial charge in [-0.25, -0.2) is 0 Å². The van der Waals surface area contributed by atoms with Crippen LogP contribution in [0, 0.1) is 20.2 Å². The van der Waals surface area contributed by atoms with Crippen molar-refractivity contribution in [3.8, 4) is 17.2 Å². The summed E-state index contributed by atoms with van der Waals surface area (Å²) in [5.41, 5.74) is 0.230. The highest BCUT2D eigenvalue weighted by atomic mass is 32.2. The van der Waals surface area contributed by atoms with Crippen LogP contribution in [0.4, 0.5) is 11.4 Å². The molecule has 0 aromatic heterocycles. The zero-order valence-corrected chi connectivity index (χ0v) is 15.2. The standard InChI is InChI=1S/C16H14N2O6S2/c1-23-15-8-10(16-25-6-7-26-16)2-4-14(15)24-13-5-3-11(17(19)20)9-12(13)18(21)22/h2-5,8-9,16H,6-7H2,1H3. The first-order valence-corrected chi connectivity index (χ1v) is 9.61. The molecule has 0 unspecified atom stereocenters. The SMILES string of the molecule is COc1cc(C2SCCS2)ccc1Oc1ccc([N+](=O)[O-])cc1[N+](=O)[O-]. The van der Waals surface area contributed by atoms with Gasteiger partial charge in [-0.05, 0) is 23.8 Å². The first kappa shape index (κ1) is 18.3. The maximum atomic E-state index is 11.2. The summed E-state index contributed by atoms with van der Waals surface area (Å²) in [6.45, 7) is 0. The average molecular weight is 394 g/mol. The fourth-order valence-corrected chi connectivity index (χ4v) is 5.27. The van der Waals surface area contributed by atoms with Crippen molar-refractivity contribution in [2.24, 2.45) is 0 Å². The van der Waals surface area contributed by atoms with Crippen LogP contribution >= 0.6 is 23.5 Å². The minimum atomic E-state index is -0.713. The molecule has 3 rings (SSSR count). The van der Waals surface area contributed by atoms with E-state index in [0.717, 1.165) is 29.2 Å². The van der Waals surface area contributed by atoms with Crippen molar-refractivity contribution in [3.05, 3.63) is 62.2 Å². The number of methoxy groups -OCH3 is 1. The van der Waals surface area contributed by atoms with E-state index in [4.69, 9.17) is 9.47 Å². The molecule has 10 heteroatoms. The van der Waals surface area contributed by atoms with Crippen LogP contribution in [0.2, 0.25) is 0 Å². The van der Waals surface area contributed by atoms with Gasteiger partial charge in [-0.1, -0.05) is 6.07 Å². The fraction of sp³-hybridized carbons (Fsp3) is 0.250. The van der Waals surface area contributed by atoms with Crippen LogP contribution in [0.15, 0.2) is 36.4 Å². The van der Waals surface area contributed by atoms with E-state index in [1.54, 1.807) is 6.07 Å². The van der Waals surface area contributed by atoms with Crippen molar-refractivity contribution >= 4 is 34.9 Å². The van der Waals surface area contributed by atoms with Gasteiger partial charge in [-0.15, -0.1) is 23.5 Å². The van der Waals surface area contributed by atoms with E-state index in [-0.39, 0.29) is 11.4 Å². The van der Waals surface area contributed by atoms with Crippen molar-refractivity contribution in [2.45, 2.75) is 4.58 Å². The first-order chi connectivity index (χ1) is 12.5. The average Bonchev–Trinajstić information content (AvgIpc) is 3.16. The Morgan fingerprint density at radius 2 is 1.65 bits per heavy atom. The summed E-state index contributed by atoms with van der Waals surface area (Å²) in [7, 11) is 1.49. The van der Waals surface area contributed by atoms with Crippen LogP contribution in [0.25, 0.3) is 0 Å². The molecule has 0 saturated carbocycles. The Morgan fingerprint density at radius 1 is 0.962 bits per heavy atom. The summed E-state index contributed by atoms with van der Waals surface area (Å²) >= 11 is 3.70. The lowest BCUT2D eigenvalue weighted by molar-refractivity contribution is -0.394. The van der Waals surface area contributed by atoms with Gasteiger partial charge in [-0.3, -0.25) is 20.2 Å². The van der Waals surface area contributed by atoms with Crippen molar-refractivity contribution in [2.75, 3.05) is 18.6 Å².